The van der Waals surface area contributed by atoms with Gasteiger partial charge in [-0.15, -0.1) is 0 Å². The summed E-state index contributed by atoms with van der Waals surface area (Å²) in [7, 11) is 0. The van der Waals surface area contributed by atoms with E-state index in [0.717, 1.165) is 29.4 Å². The van der Waals surface area contributed by atoms with Crippen molar-refractivity contribution in [3.8, 4) is 0 Å². The Balaban J connectivity index is -0.000000148. The van der Waals surface area contributed by atoms with Gasteiger partial charge in [0.2, 0.25) is 0 Å². The van der Waals surface area contributed by atoms with Crippen LogP contribution in [0.25, 0.3) is 0 Å². The van der Waals surface area contributed by atoms with Gasteiger partial charge in [0.15, 0.2) is 0 Å². The van der Waals surface area contributed by atoms with Gasteiger partial charge >= 0.3 is 71.6 Å². The molecule has 0 aliphatic carbocycles. The van der Waals surface area contributed by atoms with E-state index in [1.165, 1.54) is 0 Å². The fourth-order valence-electron chi connectivity index (χ4n) is 4.43. The average molecular weight is 964 g/mol. The largest absolute Gasteiger partial charge is 0.480 e. The quantitative estimate of drug-likeness (QED) is 0.0272. The van der Waals surface area contributed by atoms with Crippen molar-refractivity contribution in [3.05, 3.63) is 0 Å². The van der Waals surface area contributed by atoms with Crippen molar-refractivity contribution < 1.29 is 124 Å². The normalized spacial score (nSPS) is 10.0. The summed E-state index contributed by atoms with van der Waals surface area (Å²) in [5.41, 5.74) is 0. The van der Waals surface area contributed by atoms with Gasteiger partial charge in [-0.25, -0.2) is 0 Å². The number of carboxylic acids is 12. The maximum atomic E-state index is 10.6. The zero-order valence-electron chi connectivity index (χ0n) is 35.2. The molecular weight excluding hydrogens is 913 g/mol. The standard InChI is InChI=1S/3C10H16N2O8.3Na.H2O/c3*13-7(14)3-11(4-8(15)16)1-2-12(5-9(17)18)6-10(19)20;;;;/h3*1-6H2,(H,13,14)(H,15,16)(H,17,18)(H,19,20);;;;1H2. The molecule has 34 heteroatoms. The van der Waals surface area contributed by atoms with Crippen LogP contribution in [0.3, 0.4) is 0 Å². The van der Waals surface area contributed by atoms with E-state index in [9.17, 15) is 57.5 Å². The monoisotopic (exact) mass is 963 g/mol. The molecule has 0 amide bonds. The van der Waals surface area contributed by atoms with Crippen LogP contribution in [0.4, 0.5) is 0 Å². The van der Waals surface area contributed by atoms with Crippen LogP contribution in [0.15, 0.2) is 0 Å². The molecule has 0 rings (SSSR count). The molecule has 0 aromatic carbocycles. The molecule has 3 radical (unpaired) electrons. The van der Waals surface area contributed by atoms with E-state index < -0.39 is 150 Å². The first-order chi connectivity index (χ1) is 27.6. The third-order valence-corrected chi connectivity index (χ3v) is 6.50. The van der Waals surface area contributed by atoms with Crippen LogP contribution in [0.5, 0.6) is 0 Å². The molecule has 0 spiro atoms. The van der Waals surface area contributed by atoms with Crippen molar-refractivity contribution in [1.29, 1.82) is 0 Å². The Bertz CT molecular complexity index is 1140. The van der Waals surface area contributed by atoms with E-state index in [1.54, 1.807) is 0 Å². The van der Waals surface area contributed by atoms with Gasteiger partial charge < -0.3 is 66.8 Å². The molecule has 0 bridgehead atoms. The first kappa shape index (κ1) is 74.7. The van der Waals surface area contributed by atoms with Crippen molar-refractivity contribution in [1.82, 2.24) is 29.4 Å². The summed E-state index contributed by atoms with van der Waals surface area (Å²) in [4.78, 5) is 133. The number of carbonyl (C=O) groups is 12. The molecule has 0 aliphatic heterocycles. The fourth-order valence-corrected chi connectivity index (χ4v) is 4.43. The van der Waals surface area contributed by atoms with Crippen LogP contribution in [-0.2, 0) is 57.5 Å². The molecule has 0 aromatic heterocycles. The molecule has 14 N–H and O–H groups in total. The number of aliphatic carboxylic acids is 12. The SMILES string of the molecule is O.O=C(O)CN(CCN(CC(=O)O)CC(=O)O)CC(=O)O.O=C(O)CN(CCN(CC(=O)O)CC(=O)O)CC(=O)O.O=C(O)CN(CCN(CC(=O)O)CC(=O)O)CC(=O)O.[Na].[Na].[Na]. The van der Waals surface area contributed by atoms with Gasteiger partial charge in [0.25, 0.3) is 0 Å². The van der Waals surface area contributed by atoms with Crippen LogP contribution >= 0.6 is 0 Å². The number of hydrogen-bond donors (Lipinski definition) is 12. The summed E-state index contributed by atoms with van der Waals surface area (Å²) >= 11 is 0. The Morgan fingerprint density at radius 1 is 0.203 bits per heavy atom. The maximum absolute atomic E-state index is 10.6. The molecule has 64 heavy (non-hydrogen) atoms. The van der Waals surface area contributed by atoms with Gasteiger partial charge in [-0.05, 0) is 0 Å². The molecule has 0 unspecified atom stereocenters. The van der Waals surface area contributed by atoms with E-state index in [-0.39, 0.29) is 133 Å². The second kappa shape index (κ2) is 43.3. The van der Waals surface area contributed by atoms with Crippen molar-refractivity contribution >= 4 is 160 Å². The Morgan fingerprint density at radius 3 is 0.312 bits per heavy atom. The van der Waals surface area contributed by atoms with Crippen molar-refractivity contribution in [2.24, 2.45) is 0 Å². The van der Waals surface area contributed by atoms with Gasteiger partial charge in [0.05, 0.1) is 78.5 Å². The number of carboxylic acid groups (broad SMARTS) is 12. The van der Waals surface area contributed by atoms with Gasteiger partial charge in [-0.1, -0.05) is 0 Å². The Kier molecular flexibility index (Phi) is 50.5. The van der Waals surface area contributed by atoms with Crippen LogP contribution in [0.2, 0.25) is 0 Å². The Morgan fingerprint density at radius 2 is 0.266 bits per heavy atom. The van der Waals surface area contributed by atoms with Crippen LogP contribution in [-0.4, -0.2) is 374 Å². The molecule has 31 nitrogen and oxygen atoms in total. The summed E-state index contributed by atoms with van der Waals surface area (Å²) in [6.07, 6.45) is 0. The third kappa shape index (κ3) is 54.5. The maximum Gasteiger partial charge on any atom is 0.317 e. The van der Waals surface area contributed by atoms with Crippen LogP contribution in [0.1, 0.15) is 0 Å². The summed E-state index contributed by atoms with van der Waals surface area (Å²) < 4.78 is 0. The van der Waals surface area contributed by atoms with Crippen molar-refractivity contribution in [2.75, 3.05) is 118 Å². The minimum atomic E-state index is -1.23. The van der Waals surface area contributed by atoms with Crippen molar-refractivity contribution in [2.45, 2.75) is 0 Å². The van der Waals surface area contributed by atoms with Crippen LogP contribution < -0.4 is 0 Å². The summed E-state index contributed by atoms with van der Waals surface area (Å²) in [5.74, 6) is -14.7. The van der Waals surface area contributed by atoms with E-state index >= 15 is 0 Å². The molecular formula is C30H50N6Na3O25. The Labute approximate surface area is 428 Å². The average Bonchev–Trinajstić information content (AvgIpc) is 3.02. The molecule has 0 saturated carbocycles. The third-order valence-electron chi connectivity index (χ3n) is 6.50. The number of hydrogen-bond acceptors (Lipinski definition) is 18. The number of rotatable bonds is 33. The first-order valence-electron chi connectivity index (χ1n) is 16.6. The van der Waals surface area contributed by atoms with Gasteiger partial charge in [-0.3, -0.25) is 86.9 Å². The van der Waals surface area contributed by atoms with E-state index in [4.69, 9.17) is 61.3 Å². The topological polar surface area (TPSA) is 499 Å². The minimum Gasteiger partial charge on any atom is -0.480 e. The summed E-state index contributed by atoms with van der Waals surface area (Å²) in [5, 5.41) is 103. The molecule has 0 aromatic rings. The second-order valence-electron chi connectivity index (χ2n) is 12.0. The van der Waals surface area contributed by atoms with Gasteiger partial charge in [-0.2, -0.15) is 0 Å². The second-order valence-corrected chi connectivity index (χ2v) is 12.0. The predicted octanol–water partition coefficient (Wildman–Crippen LogP) is -8.18. The van der Waals surface area contributed by atoms with E-state index in [1.807, 2.05) is 0 Å². The van der Waals surface area contributed by atoms with E-state index in [2.05, 4.69) is 0 Å². The van der Waals surface area contributed by atoms with Gasteiger partial charge in [0.1, 0.15) is 0 Å². The zero-order chi connectivity index (χ0) is 47.1. The summed E-state index contributed by atoms with van der Waals surface area (Å²) in [6, 6.07) is 0. The molecule has 0 saturated heterocycles. The minimum absolute atomic E-state index is 0. The fraction of sp³-hybridized carbons (Fsp3) is 0.600. The van der Waals surface area contributed by atoms with Crippen LogP contribution in [0, 0.1) is 0 Å². The number of nitrogens with zero attached hydrogens (tertiary/aromatic N) is 6. The molecule has 0 fully saturated rings. The molecule has 353 valence electrons. The first-order valence-corrected chi connectivity index (χ1v) is 16.6. The summed E-state index contributed by atoms with van der Waals surface area (Å²) in [6.45, 7) is -6.75. The molecule has 0 heterocycles. The molecule has 0 aliphatic rings. The Hall–Kier alpha value is -3.64. The zero-order valence-corrected chi connectivity index (χ0v) is 41.2. The van der Waals surface area contributed by atoms with E-state index in [0.29, 0.717) is 0 Å². The predicted molar refractivity (Wildman–Crippen MR) is 211 cm³/mol. The molecule has 0 atom stereocenters. The smallest absolute Gasteiger partial charge is 0.317 e. The van der Waals surface area contributed by atoms with Gasteiger partial charge in [0, 0.05) is 128 Å². The van der Waals surface area contributed by atoms with Crippen molar-refractivity contribution in [3.63, 3.8) is 0 Å².